The highest BCUT2D eigenvalue weighted by atomic mass is 35.5. The van der Waals surface area contributed by atoms with Crippen molar-refractivity contribution in [2.24, 2.45) is 5.73 Å². The van der Waals surface area contributed by atoms with E-state index in [-0.39, 0.29) is 6.61 Å². The molecule has 1 aromatic carbocycles. The molecule has 1 atom stereocenters. The summed E-state index contributed by atoms with van der Waals surface area (Å²) in [5, 5.41) is 9.64. The second-order valence-corrected chi connectivity index (χ2v) is 4.48. The molecule has 0 amide bonds. The maximum Gasteiger partial charge on any atom is 0.142 e. The smallest absolute Gasteiger partial charge is 0.142 e. The average Bonchev–Trinajstić information content (AvgIpc) is 2.26. The van der Waals surface area contributed by atoms with Gasteiger partial charge in [-0.15, -0.1) is 0 Å². The Balaban J connectivity index is 3.30. The minimum Gasteiger partial charge on any atom is -0.495 e. The van der Waals surface area contributed by atoms with Gasteiger partial charge in [-0.05, 0) is 17.5 Å². The van der Waals surface area contributed by atoms with Crippen LogP contribution in [0.25, 0.3) is 0 Å². The number of aliphatic hydroxyl groups excluding tert-OH is 1. The Hall–Kier alpha value is -0.770. The van der Waals surface area contributed by atoms with Crippen LogP contribution in [0.3, 0.4) is 0 Å². The van der Waals surface area contributed by atoms with Crippen molar-refractivity contribution >= 4 is 11.6 Å². The first-order chi connectivity index (χ1) is 7.51. The molecule has 0 heterocycles. The van der Waals surface area contributed by atoms with E-state index in [1.54, 1.807) is 7.11 Å². The number of rotatable bonds is 4. The second-order valence-electron chi connectivity index (χ2n) is 4.07. The van der Waals surface area contributed by atoms with Gasteiger partial charge in [-0.2, -0.15) is 0 Å². The van der Waals surface area contributed by atoms with E-state index in [4.69, 9.17) is 27.2 Å². The zero-order chi connectivity index (χ0) is 12.3. The molecule has 0 saturated heterocycles. The number of hydrogen-bond acceptors (Lipinski definition) is 3. The van der Waals surface area contributed by atoms with Crippen molar-refractivity contribution < 1.29 is 9.84 Å². The molecular weight excluding hydrogens is 226 g/mol. The third-order valence-corrected chi connectivity index (χ3v) is 2.84. The summed E-state index contributed by atoms with van der Waals surface area (Å²) in [6, 6.07) is 3.35. The Kier molecular flexibility index (Phi) is 4.59. The maximum absolute atomic E-state index is 9.10. The van der Waals surface area contributed by atoms with E-state index in [1.807, 2.05) is 12.1 Å². The number of benzene rings is 1. The van der Waals surface area contributed by atoms with E-state index >= 15 is 0 Å². The van der Waals surface area contributed by atoms with Gasteiger partial charge < -0.3 is 15.6 Å². The van der Waals surface area contributed by atoms with Gasteiger partial charge in [-0.3, -0.25) is 0 Å². The molecule has 16 heavy (non-hydrogen) atoms. The van der Waals surface area contributed by atoms with Gasteiger partial charge in [0.1, 0.15) is 5.75 Å². The number of hydrogen-bond donors (Lipinski definition) is 2. The number of halogens is 1. The van der Waals surface area contributed by atoms with Crippen LogP contribution in [0.15, 0.2) is 12.1 Å². The fraction of sp³-hybridized carbons (Fsp3) is 0.500. The molecule has 0 aliphatic carbocycles. The van der Waals surface area contributed by atoms with Crippen molar-refractivity contribution in [2.45, 2.75) is 25.8 Å². The molecular formula is C12H18ClNO2. The summed E-state index contributed by atoms with van der Waals surface area (Å²) in [7, 11) is 1.55. The van der Waals surface area contributed by atoms with Crippen LogP contribution >= 0.6 is 11.6 Å². The van der Waals surface area contributed by atoms with Gasteiger partial charge in [0, 0.05) is 5.56 Å². The van der Waals surface area contributed by atoms with Gasteiger partial charge in [-0.1, -0.05) is 31.5 Å². The molecule has 0 fully saturated rings. The SMILES string of the molecule is COc1c(Cl)cc(C(C)C)cc1C(N)CO. The van der Waals surface area contributed by atoms with Gasteiger partial charge in [0.15, 0.2) is 0 Å². The number of nitrogens with two attached hydrogens (primary N) is 1. The molecule has 0 aliphatic rings. The molecule has 0 radical (unpaired) electrons. The van der Waals surface area contributed by atoms with Crippen LogP contribution in [0.5, 0.6) is 5.75 Å². The Morgan fingerprint density at radius 1 is 1.44 bits per heavy atom. The van der Waals surface area contributed by atoms with E-state index in [9.17, 15) is 0 Å². The van der Waals surface area contributed by atoms with Crippen molar-refractivity contribution in [3.05, 3.63) is 28.3 Å². The topological polar surface area (TPSA) is 55.5 Å². The van der Waals surface area contributed by atoms with Crippen molar-refractivity contribution in [1.82, 2.24) is 0 Å². The molecule has 0 aliphatic heterocycles. The van der Waals surface area contributed by atoms with Crippen molar-refractivity contribution in [1.29, 1.82) is 0 Å². The van der Waals surface area contributed by atoms with Crippen LogP contribution in [-0.2, 0) is 0 Å². The summed E-state index contributed by atoms with van der Waals surface area (Å²) in [4.78, 5) is 0. The van der Waals surface area contributed by atoms with Gasteiger partial charge in [-0.25, -0.2) is 0 Å². The largest absolute Gasteiger partial charge is 0.495 e. The Bertz CT molecular complexity index is 366. The first-order valence-electron chi connectivity index (χ1n) is 5.25. The van der Waals surface area contributed by atoms with E-state index in [0.717, 1.165) is 11.1 Å². The predicted molar refractivity (Wildman–Crippen MR) is 66.1 cm³/mol. The fourth-order valence-electron chi connectivity index (χ4n) is 1.56. The van der Waals surface area contributed by atoms with E-state index < -0.39 is 6.04 Å². The Morgan fingerprint density at radius 2 is 2.06 bits per heavy atom. The highest BCUT2D eigenvalue weighted by Gasteiger charge is 2.16. The lowest BCUT2D eigenvalue weighted by atomic mass is 9.97. The molecule has 1 unspecified atom stereocenters. The third kappa shape index (κ3) is 2.67. The van der Waals surface area contributed by atoms with Crippen LogP contribution in [0.2, 0.25) is 5.02 Å². The molecule has 0 saturated carbocycles. The molecule has 3 nitrogen and oxygen atoms in total. The quantitative estimate of drug-likeness (QED) is 0.854. The summed E-state index contributed by atoms with van der Waals surface area (Å²) >= 11 is 6.12. The summed E-state index contributed by atoms with van der Waals surface area (Å²) in [6.45, 7) is 4.02. The predicted octanol–water partition coefficient (Wildman–Crippen LogP) is 2.46. The first-order valence-corrected chi connectivity index (χ1v) is 5.62. The fourth-order valence-corrected chi connectivity index (χ4v) is 1.87. The zero-order valence-electron chi connectivity index (χ0n) is 9.83. The monoisotopic (exact) mass is 243 g/mol. The highest BCUT2D eigenvalue weighted by Crippen LogP contribution is 2.35. The number of ether oxygens (including phenoxy) is 1. The number of aliphatic hydroxyl groups is 1. The summed E-state index contributed by atoms with van der Waals surface area (Å²) < 4.78 is 5.21. The minimum absolute atomic E-state index is 0.131. The molecule has 0 bridgehead atoms. The lowest BCUT2D eigenvalue weighted by Gasteiger charge is -2.18. The van der Waals surface area contributed by atoms with Gasteiger partial charge in [0.05, 0.1) is 24.8 Å². The first kappa shape index (κ1) is 13.3. The van der Waals surface area contributed by atoms with E-state index in [0.29, 0.717) is 16.7 Å². The molecule has 4 heteroatoms. The third-order valence-electron chi connectivity index (χ3n) is 2.56. The Morgan fingerprint density at radius 3 is 2.50 bits per heavy atom. The van der Waals surface area contributed by atoms with E-state index in [1.165, 1.54) is 0 Å². The Labute approximate surface area is 101 Å². The highest BCUT2D eigenvalue weighted by molar-refractivity contribution is 6.32. The molecule has 0 aromatic heterocycles. The van der Waals surface area contributed by atoms with Gasteiger partial charge in [0.25, 0.3) is 0 Å². The molecule has 0 spiro atoms. The van der Waals surface area contributed by atoms with Crippen LogP contribution in [-0.4, -0.2) is 18.8 Å². The van der Waals surface area contributed by atoms with Crippen molar-refractivity contribution in [3.8, 4) is 5.75 Å². The zero-order valence-corrected chi connectivity index (χ0v) is 10.6. The molecule has 1 rings (SSSR count). The summed E-state index contributed by atoms with van der Waals surface area (Å²) in [5.41, 5.74) is 7.66. The lowest BCUT2D eigenvalue weighted by molar-refractivity contribution is 0.264. The van der Waals surface area contributed by atoms with Crippen molar-refractivity contribution in [3.63, 3.8) is 0 Å². The summed E-state index contributed by atoms with van der Waals surface area (Å²) in [5.74, 6) is 0.903. The second kappa shape index (κ2) is 5.53. The minimum atomic E-state index is -0.467. The standard InChI is InChI=1S/C12H18ClNO2/c1-7(2)8-4-9(11(14)6-15)12(16-3)10(13)5-8/h4-5,7,11,15H,6,14H2,1-3H3. The normalized spacial score (nSPS) is 12.9. The molecule has 3 N–H and O–H groups in total. The van der Waals surface area contributed by atoms with Crippen LogP contribution in [0, 0.1) is 0 Å². The maximum atomic E-state index is 9.10. The van der Waals surface area contributed by atoms with Gasteiger partial charge in [0.2, 0.25) is 0 Å². The molecule has 1 aromatic rings. The average molecular weight is 244 g/mol. The lowest BCUT2D eigenvalue weighted by Crippen LogP contribution is -2.16. The van der Waals surface area contributed by atoms with Crippen LogP contribution < -0.4 is 10.5 Å². The van der Waals surface area contributed by atoms with Crippen LogP contribution in [0.1, 0.15) is 36.9 Å². The van der Waals surface area contributed by atoms with Crippen LogP contribution in [0.4, 0.5) is 0 Å². The number of methoxy groups -OCH3 is 1. The molecule has 90 valence electrons. The van der Waals surface area contributed by atoms with Gasteiger partial charge >= 0.3 is 0 Å². The van der Waals surface area contributed by atoms with Crippen molar-refractivity contribution in [2.75, 3.05) is 13.7 Å². The summed E-state index contributed by atoms with van der Waals surface area (Å²) in [6.07, 6.45) is 0. The van der Waals surface area contributed by atoms with E-state index in [2.05, 4.69) is 13.8 Å².